The van der Waals surface area contributed by atoms with Gasteiger partial charge in [0, 0.05) is 28.7 Å². The minimum Gasteiger partial charge on any atom is -0.360 e. The SMILES string of the molecule is N#Cc1nnc2cc(-c3c[nH]c4ccccc34)[nH]n2c1=O. The Morgan fingerprint density at radius 3 is 2.95 bits per heavy atom. The second kappa shape index (κ2) is 4.05. The number of aromatic nitrogens is 5. The summed E-state index contributed by atoms with van der Waals surface area (Å²) in [5.41, 5.74) is 2.29. The highest BCUT2D eigenvalue weighted by Gasteiger charge is 2.12. The summed E-state index contributed by atoms with van der Waals surface area (Å²) in [6.07, 6.45) is 1.86. The predicted molar refractivity (Wildman–Crippen MR) is 75.6 cm³/mol. The molecule has 2 N–H and O–H groups in total. The topological polar surface area (TPSA) is 103 Å². The van der Waals surface area contributed by atoms with Crippen molar-refractivity contribution in [2.45, 2.75) is 0 Å². The van der Waals surface area contributed by atoms with Crippen LogP contribution in [0.1, 0.15) is 5.69 Å². The minimum atomic E-state index is -0.506. The van der Waals surface area contributed by atoms with Crippen molar-refractivity contribution in [3.05, 3.63) is 52.6 Å². The Hall–Kier alpha value is -3.40. The monoisotopic (exact) mass is 276 g/mol. The maximum absolute atomic E-state index is 12.0. The zero-order valence-corrected chi connectivity index (χ0v) is 10.7. The Balaban J connectivity index is 2.02. The van der Waals surface area contributed by atoms with Crippen LogP contribution in [0.2, 0.25) is 0 Å². The Morgan fingerprint density at radius 1 is 1.24 bits per heavy atom. The zero-order chi connectivity index (χ0) is 14.4. The van der Waals surface area contributed by atoms with Crippen molar-refractivity contribution in [1.82, 2.24) is 24.8 Å². The van der Waals surface area contributed by atoms with E-state index in [0.29, 0.717) is 5.65 Å². The Bertz CT molecular complexity index is 1080. The second-order valence-corrected chi connectivity index (χ2v) is 4.58. The van der Waals surface area contributed by atoms with Gasteiger partial charge in [0.05, 0.1) is 5.69 Å². The number of aromatic amines is 2. The minimum absolute atomic E-state index is 0.236. The average Bonchev–Trinajstić information content (AvgIpc) is 3.11. The van der Waals surface area contributed by atoms with Gasteiger partial charge in [-0.2, -0.15) is 9.78 Å². The predicted octanol–water partition coefficient (Wildman–Crippen LogP) is 1.44. The lowest BCUT2D eigenvalue weighted by Crippen LogP contribution is -2.20. The summed E-state index contributed by atoms with van der Waals surface area (Å²) in [5.74, 6) is 0. The third kappa shape index (κ3) is 1.56. The highest BCUT2D eigenvalue weighted by Crippen LogP contribution is 2.27. The highest BCUT2D eigenvalue weighted by atomic mass is 16.1. The lowest BCUT2D eigenvalue weighted by atomic mass is 10.1. The van der Waals surface area contributed by atoms with Gasteiger partial charge in [0.25, 0.3) is 0 Å². The van der Waals surface area contributed by atoms with E-state index in [4.69, 9.17) is 5.26 Å². The molecule has 1 aromatic carbocycles. The van der Waals surface area contributed by atoms with Gasteiger partial charge in [-0.25, -0.2) is 0 Å². The van der Waals surface area contributed by atoms with Crippen LogP contribution in [0, 0.1) is 11.3 Å². The summed E-state index contributed by atoms with van der Waals surface area (Å²) in [5, 5.41) is 20.3. The molecule has 0 atom stereocenters. The van der Waals surface area contributed by atoms with Gasteiger partial charge in [-0.05, 0) is 6.07 Å². The van der Waals surface area contributed by atoms with Crippen molar-refractivity contribution in [2.75, 3.05) is 0 Å². The molecular formula is C14H8N6O. The van der Waals surface area contributed by atoms with E-state index < -0.39 is 5.56 Å². The van der Waals surface area contributed by atoms with Gasteiger partial charge in [-0.3, -0.25) is 9.89 Å². The van der Waals surface area contributed by atoms with Crippen LogP contribution < -0.4 is 5.56 Å². The molecule has 4 rings (SSSR count). The van der Waals surface area contributed by atoms with Crippen molar-refractivity contribution in [3.63, 3.8) is 0 Å². The molecule has 0 spiro atoms. The molecule has 21 heavy (non-hydrogen) atoms. The maximum atomic E-state index is 12.0. The van der Waals surface area contributed by atoms with Crippen LogP contribution in [-0.4, -0.2) is 24.8 Å². The van der Waals surface area contributed by atoms with Crippen LogP contribution >= 0.6 is 0 Å². The lowest BCUT2D eigenvalue weighted by Gasteiger charge is -1.94. The molecule has 0 saturated carbocycles. The first-order chi connectivity index (χ1) is 10.3. The zero-order valence-electron chi connectivity index (χ0n) is 10.7. The molecule has 0 aliphatic rings. The number of hydrogen-bond acceptors (Lipinski definition) is 4. The van der Waals surface area contributed by atoms with E-state index in [2.05, 4.69) is 20.3 Å². The number of nitrogens with one attached hydrogen (secondary N) is 2. The number of H-pyrrole nitrogens is 2. The van der Waals surface area contributed by atoms with Crippen molar-refractivity contribution >= 4 is 16.6 Å². The van der Waals surface area contributed by atoms with E-state index in [1.165, 1.54) is 4.52 Å². The van der Waals surface area contributed by atoms with E-state index in [-0.39, 0.29) is 5.69 Å². The molecule has 0 radical (unpaired) electrons. The fraction of sp³-hybridized carbons (Fsp3) is 0. The van der Waals surface area contributed by atoms with E-state index >= 15 is 0 Å². The van der Waals surface area contributed by atoms with Gasteiger partial charge in [0.1, 0.15) is 6.07 Å². The number of fused-ring (bicyclic) bond motifs is 2. The molecule has 0 saturated heterocycles. The first kappa shape index (κ1) is 11.4. The number of hydrogen-bond donors (Lipinski definition) is 2. The summed E-state index contributed by atoms with van der Waals surface area (Å²) in [6.45, 7) is 0. The smallest absolute Gasteiger partial charge is 0.309 e. The normalized spacial score (nSPS) is 11.0. The van der Waals surface area contributed by atoms with Gasteiger partial charge in [0.15, 0.2) is 5.65 Å². The Morgan fingerprint density at radius 2 is 2.10 bits per heavy atom. The fourth-order valence-electron chi connectivity index (χ4n) is 2.38. The maximum Gasteiger partial charge on any atom is 0.309 e. The summed E-state index contributed by atoms with van der Waals surface area (Å²) in [4.78, 5) is 15.2. The van der Waals surface area contributed by atoms with E-state index in [1.54, 1.807) is 12.1 Å². The van der Waals surface area contributed by atoms with Crippen LogP contribution in [0.15, 0.2) is 41.3 Å². The van der Waals surface area contributed by atoms with Gasteiger partial charge in [0.2, 0.25) is 5.69 Å². The average molecular weight is 276 g/mol. The molecule has 0 aliphatic carbocycles. The van der Waals surface area contributed by atoms with Gasteiger partial charge in [-0.15, -0.1) is 10.2 Å². The van der Waals surface area contributed by atoms with Crippen molar-refractivity contribution in [1.29, 1.82) is 5.26 Å². The number of rotatable bonds is 1. The molecule has 3 heterocycles. The molecular weight excluding hydrogens is 268 g/mol. The van der Waals surface area contributed by atoms with Crippen LogP contribution in [0.25, 0.3) is 27.8 Å². The molecule has 0 fully saturated rings. The largest absolute Gasteiger partial charge is 0.360 e. The first-order valence-corrected chi connectivity index (χ1v) is 6.23. The third-order valence-corrected chi connectivity index (χ3v) is 3.38. The van der Waals surface area contributed by atoms with Gasteiger partial charge >= 0.3 is 5.56 Å². The number of benzene rings is 1. The number of nitriles is 1. The molecule has 100 valence electrons. The van der Waals surface area contributed by atoms with Gasteiger partial charge in [-0.1, -0.05) is 18.2 Å². The standard InChI is InChI=1S/C14H8N6O/c15-6-12-14(21)20-13(18-17-12)5-11(19-20)9-7-16-10-4-2-1-3-8(9)10/h1-5,7,16,19H. The molecule has 0 aliphatic heterocycles. The number of nitrogens with zero attached hydrogens (tertiary/aromatic N) is 4. The summed E-state index contributed by atoms with van der Waals surface area (Å²) in [6, 6.07) is 11.3. The first-order valence-electron chi connectivity index (χ1n) is 6.23. The summed E-state index contributed by atoms with van der Waals surface area (Å²) in [7, 11) is 0. The Kier molecular flexibility index (Phi) is 2.20. The molecule has 0 bridgehead atoms. The van der Waals surface area contributed by atoms with Crippen LogP contribution in [0.4, 0.5) is 0 Å². The van der Waals surface area contributed by atoms with E-state index in [1.807, 2.05) is 30.5 Å². The van der Waals surface area contributed by atoms with E-state index in [9.17, 15) is 4.79 Å². The molecule has 4 aromatic rings. The highest BCUT2D eigenvalue weighted by molar-refractivity contribution is 5.94. The van der Waals surface area contributed by atoms with Crippen molar-refractivity contribution in [2.24, 2.45) is 0 Å². The lowest BCUT2D eigenvalue weighted by molar-refractivity contribution is 0.843. The molecule has 7 heteroatoms. The molecule has 0 amide bonds. The third-order valence-electron chi connectivity index (χ3n) is 3.38. The van der Waals surface area contributed by atoms with Crippen LogP contribution in [-0.2, 0) is 0 Å². The van der Waals surface area contributed by atoms with Crippen LogP contribution in [0.3, 0.4) is 0 Å². The molecule has 7 nitrogen and oxygen atoms in total. The molecule has 3 aromatic heterocycles. The van der Waals surface area contributed by atoms with Crippen LogP contribution in [0.5, 0.6) is 0 Å². The summed E-state index contributed by atoms with van der Waals surface area (Å²) >= 11 is 0. The van der Waals surface area contributed by atoms with Gasteiger partial charge < -0.3 is 4.98 Å². The van der Waals surface area contributed by atoms with E-state index in [0.717, 1.165) is 22.2 Å². The second-order valence-electron chi connectivity index (χ2n) is 4.58. The Labute approximate surface area is 117 Å². The fourth-order valence-corrected chi connectivity index (χ4v) is 2.38. The quantitative estimate of drug-likeness (QED) is 0.549. The molecule has 0 unspecified atom stereocenters. The number of para-hydroxylation sites is 1. The van der Waals surface area contributed by atoms with Crippen molar-refractivity contribution in [3.8, 4) is 17.3 Å². The van der Waals surface area contributed by atoms with Crippen molar-refractivity contribution < 1.29 is 0 Å². The summed E-state index contributed by atoms with van der Waals surface area (Å²) < 4.78 is 1.22.